The minimum atomic E-state index is -0.114. The van der Waals surface area contributed by atoms with E-state index in [-0.39, 0.29) is 12.1 Å². The van der Waals surface area contributed by atoms with Gasteiger partial charge in [-0.2, -0.15) is 5.10 Å². The van der Waals surface area contributed by atoms with Crippen LogP contribution >= 0.6 is 0 Å². The van der Waals surface area contributed by atoms with Gasteiger partial charge in [0.2, 0.25) is 0 Å². The summed E-state index contributed by atoms with van der Waals surface area (Å²) in [6.45, 7) is 1.08. The van der Waals surface area contributed by atoms with Crippen molar-refractivity contribution in [1.82, 2.24) is 25.4 Å². The maximum atomic E-state index is 12.5. The van der Waals surface area contributed by atoms with Crippen molar-refractivity contribution in [1.29, 1.82) is 0 Å². The second-order valence-electron chi connectivity index (χ2n) is 6.00. The molecule has 7 heteroatoms. The highest BCUT2D eigenvalue weighted by Gasteiger charge is 2.32. The number of carbonyl (C=O) groups excluding carboxylic acids is 1. The first-order valence-corrected chi connectivity index (χ1v) is 8.36. The van der Waals surface area contributed by atoms with E-state index in [4.69, 9.17) is 4.42 Å². The SMILES string of the molecule is O=C(NCc1ccco1)N1CCCC1c1nc(-c2ccccc2)n[nH]1. The second-order valence-corrected chi connectivity index (χ2v) is 6.00. The number of H-pyrrole nitrogens is 1. The van der Waals surface area contributed by atoms with Crippen LogP contribution in [0, 0.1) is 0 Å². The fourth-order valence-corrected chi connectivity index (χ4v) is 3.11. The van der Waals surface area contributed by atoms with Crippen LogP contribution in [0.5, 0.6) is 0 Å². The standard InChI is InChI=1S/C18H19N5O2/c24-18(19-12-14-8-5-11-25-14)23-10-4-9-15(23)17-20-16(21-22-17)13-6-2-1-3-7-13/h1-3,5-8,11,15H,4,9-10,12H2,(H,19,24)(H,20,21,22). The fourth-order valence-electron chi connectivity index (χ4n) is 3.11. The normalized spacial score (nSPS) is 17.0. The van der Waals surface area contributed by atoms with E-state index in [2.05, 4.69) is 20.5 Å². The number of aromatic amines is 1. The van der Waals surface area contributed by atoms with Crippen molar-refractivity contribution in [3.8, 4) is 11.4 Å². The maximum Gasteiger partial charge on any atom is 0.318 e. The Balaban J connectivity index is 1.46. The third-order valence-electron chi connectivity index (χ3n) is 4.36. The molecule has 0 aliphatic carbocycles. The number of rotatable bonds is 4. The van der Waals surface area contributed by atoms with Gasteiger partial charge in [0.25, 0.3) is 0 Å². The van der Waals surface area contributed by atoms with E-state index in [1.54, 1.807) is 17.2 Å². The lowest BCUT2D eigenvalue weighted by Crippen LogP contribution is -2.39. The van der Waals surface area contributed by atoms with Gasteiger partial charge in [0.05, 0.1) is 18.8 Å². The number of amides is 2. The van der Waals surface area contributed by atoms with Gasteiger partial charge >= 0.3 is 6.03 Å². The first-order chi connectivity index (χ1) is 12.3. The van der Waals surface area contributed by atoms with Crippen LogP contribution in [0.15, 0.2) is 53.1 Å². The van der Waals surface area contributed by atoms with Crippen LogP contribution in [0.4, 0.5) is 4.79 Å². The van der Waals surface area contributed by atoms with E-state index in [0.29, 0.717) is 18.9 Å². The molecule has 1 aromatic carbocycles. The summed E-state index contributed by atoms with van der Waals surface area (Å²) in [5, 5.41) is 10.2. The zero-order chi connectivity index (χ0) is 17.1. The van der Waals surface area contributed by atoms with Crippen LogP contribution in [0.3, 0.4) is 0 Å². The maximum absolute atomic E-state index is 12.5. The molecule has 0 spiro atoms. The first kappa shape index (κ1) is 15.4. The average Bonchev–Trinajstić information content (AvgIpc) is 3.41. The van der Waals surface area contributed by atoms with Gasteiger partial charge in [-0.15, -0.1) is 0 Å². The highest BCUT2D eigenvalue weighted by Crippen LogP contribution is 2.30. The molecule has 3 heterocycles. The Kier molecular flexibility index (Phi) is 4.20. The highest BCUT2D eigenvalue weighted by atomic mass is 16.3. The van der Waals surface area contributed by atoms with Gasteiger partial charge in [0.1, 0.15) is 11.6 Å². The number of urea groups is 1. The Bertz CT molecular complexity index is 828. The molecule has 1 aliphatic rings. The third kappa shape index (κ3) is 3.26. The summed E-state index contributed by atoms with van der Waals surface area (Å²) in [5.74, 6) is 2.11. The minimum absolute atomic E-state index is 0.0819. The number of hydrogen-bond acceptors (Lipinski definition) is 4. The number of furan rings is 1. The molecule has 0 bridgehead atoms. The van der Waals surface area contributed by atoms with Gasteiger partial charge in [0, 0.05) is 12.1 Å². The summed E-state index contributed by atoms with van der Waals surface area (Å²) in [6, 6.07) is 13.2. The number of likely N-dealkylation sites (tertiary alicyclic amines) is 1. The Morgan fingerprint density at radius 1 is 1.28 bits per heavy atom. The van der Waals surface area contributed by atoms with Crippen molar-refractivity contribution in [2.75, 3.05) is 6.54 Å². The number of aromatic nitrogens is 3. The van der Waals surface area contributed by atoms with Crippen molar-refractivity contribution < 1.29 is 9.21 Å². The average molecular weight is 337 g/mol. The van der Waals surface area contributed by atoms with Gasteiger partial charge in [-0.3, -0.25) is 5.10 Å². The Morgan fingerprint density at radius 2 is 2.16 bits per heavy atom. The van der Waals surface area contributed by atoms with Crippen LogP contribution in [0.2, 0.25) is 0 Å². The van der Waals surface area contributed by atoms with Crippen molar-refractivity contribution in [2.24, 2.45) is 0 Å². The van der Waals surface area contributed by atoms with Crippen molar-refractivity contribution in [3.05, 3.63) is 60.3 Å². The fraction of sp³-hybridized carbons (Fsp3) is 0.278. The van der Waals surface area contributed by atoms with Gasteiger partial charge in [-0.25, -0.2) is 9.78 Å². The summed E-state index contributed by atoms with van der Waals surface area (Å²) in [4.78, 5) is 18.9. The number of nitrogens with zero attached hydrogens (tertiary/aromatic N) is 3. The van der Waals surface area contributed by atoms with Crippen LogP contribution in [-0.4, -0.2) is 32.7 Å². The molecule has 1 saturated heterocycles. The van der Waals surface area contributed by atoms with Crippen molar-refractivity contribution >= 4 is 6.03 Å². The lowest BCUT2D eigenvalue weighted by atomic mass is 10.2. The third-order valence-corrected chi connectivity index (χ3v) is 4.36. The molecule has 128 valence electrons. The number of hydrogen-bond donors (Lipinski definition) is 2. The van der Waals surface area contributed by atoms with Gasteiger partial charge in [-0.1, -0.05) is 30.3 Å². The molecule has 2 amide bonds. The molecule has 1 atom stereocenters. The summed E-state index contributed by atoms with van der Waals surface area (Å²) >= 11 is 0. The lowest BCUT2D eigenvalue weighted by molar-refractivity contribution is 0.189. The molecule has 2 N–H and O–H groups in total. The lowest BCUT2D eigenvalue weighted by Gasteiger charge is -2.23. The van der Waals surface area contributed by atoms with Crippen LogP contribution in [-0.2, 0) is 6.54 Å². The van der Waals surface area contributed by atoms with Gasteiger partial charge in [-0.05, 0) is 25.0 Å². The topological polar surface area (TPSA) is 87.1 Å². The number of carbonyl (C=O) groups is 1. The summed E-state index contributed by atoms with van der Waals surface area (Å²) in [6.07, 6.45) is 3.41. The Morgan fingerprint density at radius 3 is 2.96 bits per heavy atom. The minimum Gasteiger partial charge on any atom is -0.467 e. The first-order valence-electron chi connectivity index (χ1n) is 8.36. The van der Waals surface area contributed by atoms with Crippen LogP contribution in [0.1, 0.15) is 30.5 Å². The van der Waals surface area contributed by atoms with Crippen molar-refractivity contribution in [2.45, 2.75) is 25.4 Å². The summed E-state index contributed by atoms with van der Waals surface area (Å²) in [5.41, 5.74) is 0.955. The molecule has 0 saturated carbocycles. The van der Waals surface area contributed by atoms with E-state index in [1.807, 2.05) is 36.4 Å². The highest BCUT2D eigenvalue weighted by molar-refractivity contribution is 5.75. The quantitative estimate of drug-likeness (QED) is 0.766. The molecular formula is C18H19N5O2. The predicted octanol–water partition coefficient (Wildman–Crippen LogP) is 3.11. The largest absolute Gasteiger partial charge is 0.467 e. The smallest absolute Gasteiger partial charge is 0.318 e. The molecule has 0 radical (unpaired) electrons. The summed E-state index contributed by atoms with van der Waals surface area (Å²) < 4.78 is 5.25. The zero-order valence-electron chi connectivity index (χ0n) is 13.7. The molecule has 1 aliphatic heterocycles. The Labute approximate surface area is 145 Å². The Hall–Kier alpha value is -3.09. The predicted molar refractivity (Wildman–Crippen MR) is 91.4 cm³/mol. The molecule has 1 fully saturated rings. The monoisotopic (exact) mass is 337 g/mol. The molecule has 7 nitrogen and oxygen atoms in total. The van der Waals surface area contributed by atoms with E-state index >= 15 is 0 Å². The van der Waals surface area contributed by atoms with Gasteiger partial charge in [0.15, 0.2) is 5.82 Å². The van der Waals surface area contributed by atoms with Gasteiger partial charge < -0.3 is 14.6 Å². The van der Waals surface area contributed by atoms with Crippen molar-refractivity contribution in [3.63, 3.8) is 0 Å². The van der Waals surface area contributed by atoms with E-state index < -0.39 is 0 Å². The molecular weight excluding hydrogens is 318 g/mol. The number of benzene rings is 1. The molecule has 25 heavy (non-hydrogen) atoms. The molecule has 1 unspecified atom stereocenters. The summed E-state index contributed by atoms with van der Waals surface area (Å²) in [7, 11) is 0. The van der Waals surface area contributed by atoms with E-state index in [9.17, 15) is 4.79 Å². The van der Waals surface area contributed by atoms with E-state index in [1.165, 1.54) is 0 Å². The number of nitrogens with one attached hydrogen (secondary N) is 2. The van der Waals surface area contributed by atoms with E-state index in [0.717, 1.165) is 30.0 Å². The van der Waals surface area contributed by atoms with Crippen LogP contribution < -0.4 is 5.32 Å². The second kappa shape index (κ2) is 6.80. The molecule has 3 aromatic rings. The zero-order valence-corrected chi connectivity index (χ0v) is 13.7. The molecule has 4 rings (SSSR count). The molecule has 2 aromatic heterocycles. The van der Waals surface area contributed by atoms with Crippen LogP contribution in [0.25, 0.3) is 11.4 Å².